The number of likely N-dealkylation sites (tertiary alicyclic amines) is 1. The van der Waals surface area contributed by atoms with E-state index >= 15 is 0 Å². The van der Waals surface area contributed by atoms with Crippen LogP contribution in [0.5, 0.6) is 11.5 Å². The van der Waals surface area contributed by atoms with Crippen LogP contribution in [-0.2, 0) is 9.53 Å². The number of nitrogens with zero attached hydrogens (tertiary/aromatic N) is 1. The van der Waals surface area contributed by atoms with Crippen molar-refractivity contribution < 1.29 is 19.0 Å². The molecule has 1 unspecified atom stereocenters. The maximum Gasteiger partial charge on any atom is 0.305 e. The quantitative estimate of drug-likeness (QED) is 0.782. The summed E-state index contributed by atoms with van der Waals surface area (Å²) in [5.41, 5.74) is 1.22. The van der Waals surface area contributed by atoms with Gasteiger partial charge >= 0.3 is 5.97 Å². The molecule has 1 atom stereocenters. The Balaban J connectivity index is 1.69. The van der Waals surface area contributed by atoms with E-state index in [0.29, 0.717) is 25.7 Å². The third-order valence-electron chi connectivity index (χ3n) is 4.37. The Morgan fingerprint density at radius 2 is 2.23 bits per heavy atom. The highest BCUT2D eigenvalue weighted by atomic mass is 16.6. The van der Waals surface area contributed by atoms with Crippen molar-refractivity contribution in [2.75, 3.05) is 33.4 Å². The molecule has 2 heterocycles. The number of esters is 1. The van der Waals surface area contributed by atoms with Crippen LogP contribution in [0.3, 0.4) is 0 Å². The Labute approximate surface area is 131 Å². The van der Waals surface area contributed by atoms with Gasteiger partial charge in [0.1, 0.15) is 13.2 Å². The van der Waals surface area contributed by atoms with Crippen molar-refractivity contribution in [3.8, 4) is 11.5 Å². The molecule has 2 aliphatic rings. The minimum Gasteiger partial charge on any atom is -0.486 e. The maximum absolute atomic E-state index is 11.3. The summed E-state index contributed by atoms with van der Waals surface area (Å²) >= 11 is 0. The molecule has 2 aliphatic heterocycles. The number of rotatable bonds is 5. The predicted octanol–water partition coefficient (Wildman–Crippen LogP) is 2.55. The summed E-state index contributed by atoms with van der Waals surface area (Å²) in [6.45, 7) is 3.20. The fourth-order valence-corrected chi connectivity index (χ4v) is 3.33. The Morgan fingerprint density at radius 3 is 3.09 bits per heavy atom. The summed E-state index contributed by atoms with van der Waals surface area (Å²) in [6, 6.07) is 6.49. The molecule has 5 nitrogen and oxygen atoms in total. The monoisotopic (exact) mass is 305 g/mol. The second kappa shape index (κ2) is 7.01. The normalized spacial score (nSPS) is 20.9. The van der Waals surface area contributed by atoms with E-state index in [0.717, 1.165) is 37.4 Å². The van der Waals surface area contributed by atoms with Crippen LogP contribution < -0.4 is 9.47 Å². The van der Waals surface area contributed by atoms with Gasteiger partial charge in [-0.3, -0.25) is 9.69 Å². The molecular weight excluding hydrogens is 282 g/mol. The zero-order valence-electron chi connectivity index (χ0n) is 13.0. The number of fused-ring (bicyclic) bond motifs is 1. The van der Waals surface area contributed by atoms with Crippen molar-refractivity contribution >= 4 is 5.97 Å². The Bertz CT molecular complexity index is 531. The molecule has 1 aromatic rings. The van der Waals surface area contributed by atoms with Crippen LogP contribution >= 0.6 is 0 Å². The molecule has 3 rings (SSSR count). The van der Waals surface area contributed by atoms with E-state index in [1.807, 2.05) is 12.1 Å². The van der Waals surface area contributed by atoms with Crippen LogP contribution in [0.1, 0.15) is 37.3 Å². The summed E-state index contributed by atoms with van der Waals surface area (Å²) in [7, 11) is 1.44. The summed E-state index contributed by atoms with van der Waals surface area (Å²) in [4.78, 5) is 13.7. The predicted molar refractivity (Wildman–Crippen MR) is 82.2 cm³/mol. The van der Waals surface area contributed by atoms with Crippen LogP contribution in [0, 0.1) is 0 Å². The number of hydrogen-bond acceptors (Lipinski definition) is 5. The van der Waals surface area contributed by atoms with Crippen molar-refractivity contribution in [1.82, 2.24) is 4.90 Å². The van der Waals surface area contributed by atoms with Crippen LogP contribution in [-0.4, -0.2) is 44.3 Å². The van der Waals surface area contributed by atoms with E-state index in [1.54, 1.807) is 0 Å². The number of benzene rings is 1. The van der Waals surface area contributed by atoms with Gasteiger partial charge in [-0.25, -0.2) is 0 Å². The number of methoxy groups -OCH3 is 1. The van der Waals surface area contributed by atoms with Gasteiger partial charge < -0.3 is 14.2 Å². The molecule has 0 N–H and O–H groups in total. The number of ether oxygens (including phenoxy) is 3. The molecule has 120 valence electrons. The van der Waals surface area contributed by atoms with E-state index in [2.05, 4.69) is 11.0 Å². The summed E-state index contributed by atoms with van der Waals surface area (Å²) in [5.74, 6) is 1.62. The molecule has 0 bridgehead atoms. The smallest absolute Gasteiger partial charge is 0.305 e. The van der Waals surface area contributed by atoms with Crippen molar-refractivity contribution in [2.45, 2.75) is 31.7 Å². The minimum atomic E-state index is -0.135. The lowest BCUT2D eigenvalue weighted by molar-refractivity contribution is -0.140. The Morgan fingerprint density at radius 1 is 1.36 bits per heavy atom. The molecule has 22 heavy (non-hydrogen) atoms. The summed E-state index contributed by atoms with van der Waals surface area (Å²) in [5, 5.41) is 0. The van der Waals surface area contributed by atoms with Gasteiger partial charge in [0, 0.05) is 18.0 Å². The average Bonchev–Trinajstić information content (AvgIpc) is 3.02. The van der Waals surface area contributed by atoms with Crippen molar-refractivity contribution in [3.05, 3.63) is 23.8 Å². The van der Waals surface area contributed by atoms with Crippen molar-refractivity contribution in [2.24, 2.45) is 0 Å². The second-order valence-corrected chi connectivity index (χ2v) is 5.75. The molecule has 1 fully saturated rings. The van der Waals surface area contributed by atoms with Gasteiger partial charge in [0.15, 0.2) is 11.5 Å². The van der Waals surface area contributed by atoms with Gasteiger partial charge in [-0.05, 0) is 38.4 Å². The standard InChI is InChI=1S/C17H23NO4/c1-20-16(19)8-4-10-18-9-3-6-14(18)13-5-2-7-15-17(13)22-12-11-21-15/h2,5,7,14H,3-4,6,8-12H2,1H3. The number of carbonyl (C=O) groups excluding carboxylic acids is 1. The number of para-hydroxylation sites is 1. The minimum absolute atomic E-state index is 0.135. The molecule has 0 amide bonds. The highest BCUT2D eigenvalue weighted by molar-refractivity contribution is 5.69. The lowest BCUT2D eigenvalue weighted by Gasteiger charge is -2.28. The number of carbonyl (C=O) groups is 1. The first-order valence-electron chi connectivity index (χ1n) is 7.99. The molecule has 0 aromatic heterocycles. The van der Waals surface area contributed by atoms with Crippen LogP contribution in [0.15, 0.2) is 18.2 Å². The van der Waals surface area contributed by atoms with Crippen molar-refractivity contribution in [1.29, 1.82) is 0 Å². The highest BCUT2D eigenvalue weighted by Gasteiger charge is 2.30. The Hall–Kier alpha value is -1.75. The molecule has 0 spiro atoms. The van der Waals surface area contributed by atoms with Gasteiger partial charge in [-0.15, -0.1) is 0 Å². The fraction of sp³-hybridized carbons (Fsp3) is 0.588. The van der Waals surface area contributed by atoms with E-state index in [-0.39, 0.29) is 5.97 Å². The van der Waals surface area contributed by atoms with E-state index < -0.39 is 0 Å². The molecule has 0 radical (unpaired) electrons. The van der Waals surface area contributed by atoms with Crippen molar-refractivity contribution in [3.63, 3.8) is 0 Å². The van der Waals surface area contributed by atoms with E-state index in [9.17, 15) is 4.79 Å². The van der Waals surface area contributed by atoms with Crippen LogP contribution in [0.2, 0.25) is 0 Å². The zero-order chi connectivity index (χ0) is 15.4. The van der Waals surface area contributed by atoms with Crippen LogP contribution in [0.4, 0.5) is 0 Å². The van der Waals surface area contributed by atoms with Gasteiger partial charge in [0.05, 0.1) is 7.11 Å². The molecule has 1 aromatic carbocycles. The lowest BCUT2D eigenvalue weighted by Crippen LogP contribution is -2.26. The molecule has 1 saturated heterocycles. The Kier molecular flexibility index (Phi) is 4.83. The fourth-order valence-electron chi connectivity index (χ4n) is 3.33. The average molecular weight is 305 g/mol. The second-order valence-electron chi connectivity index (χ2n) is 5.75. The zero-order valence-corrected chi connectivity index (χ0v) is 13.0. The first-order chi connectivity index (χ1) is 10.8. The maximum atomic E-state index is 11.3. The van der Waals surface area contributed by atoms with Gasteiger partial charge in [-0.2, -0.15) is 0 Å². The van der Waals surface area contributed by atoms with Gasteiger partial charge in [0.2, 0.25) is 0 Å². The molecule has 0 aliphatic carbocycles. The number of hydrogen-bond donors (Lipinski definition) is 0. The van der Waals surface area contributed by atoms with Gasteiger partial charge in [0.25, 0.3) is 0 Å². The first-order valence-corrected chi connectivity index (χ1v) is 7.99. The summed E-state index contributed by atoms with van der Waals surface area (Å²) in [6.07, 6.45) is 3.60. The third-order valence-corrected chi connectivity index (χ3v) is 4.37. The van der Waals surface area contributed by atoms with Crippen LogP contribution in [0.25, 0.3) is 0 Å². The first kappa shape index (κ1) is 15.2. The highest BCUT2D eigenvalue weighted by Crippen LogP contribution is 2.42. The van der Waals surface area contributed by atoms with Gasteiger partial charge in [-0.1, -0.05) is 12.1 Å². The molecule has 0 saturated carbocycles. The SMILES string of the molecule is COC(=O)CCCN1CCCC1c1cccc2c1OCCO2. The molecule has 5 heteroatoms. The topological polar surface area (TPSA) is 48.0 Å². The summed E-state index contributed by atoms with van der Waals surface area (Å²) < 4.78 is 16.2. The lowest BCUT2D eigenvalue weighted by atomic mass is 10.0. The third kappa shape index (κ3) is 3.19. The molecular formula is C17H23NO4. The largest absolute Gasteiger partial charge is 0.486 e. The van der Waals surface area contributed by atoms with E-state index in [1.165, 1.54) is 19.1 Å². The van der Waals surface area contributed by atoms with E-state index in [4.69, 9.17) is 14.2 Å².